The maximum atomic E-state index is 12.8. The molecule has 1 saturated heterocycles. The molecule has 1 rings (SSSR count). The van der Waals surface area contributed by atoms with Crippen molar-refractivity contribution in [3.05, 3.63) is 12.2 Å². The van der Waals surface area contributed by atoms with Crippen molar-refractivity contribution in [1.29, 1.82) is 0 Å². The van der Waals surface area contributed by atoms with E-state index in [1.807, 2.05) is 0 Å². The monoisotopic (exact) mass is 274 g/mol. The number of esters is 1. The minimum atomic E-state index is -5.65. The molecule has 1 aliphatic rings. The second-order valence-electron chi connectivity index (χ2n) is 4.21. The van der Waals surface area contributed by atoms with Gasteiger partial charge in [0.25, 0.3) is 0 Å². The molecular weight excluding hydrogens is 263 g/mol. The van der Waals surface area contributed by atoms with Crippen LogP contribution >= 0.6 is 0 Å². The van der Waals surface area contributed by atoms with Crippen LogP contribution in [0.2, 0.25) is 0 Å². The topological polar surface area (TPSA) is 38.8 Å². The van der Waals surface area contributed by atoms with E-state index in [1.54, 1.807) is 0 Å². The van der Waals surface area contributed by atoms with E-state index in [0.29, 0.717) is 0 Å². The third-order valence-electron chi connectivity index (χ3n) is 2.33. The van der Waals surface area contributed by atoms with Gasteiger partial charge in [0.15, 0.2) is 0 Å². The lowest BCUT2D eigenvalue weighted by molar-refractivity contribution is -0.289. The van der Waals surface area contributed by atoms with Crippen LogP contribution in [0.3, 0.4) is 0 Å². The molecular formula is C10H11F5O3. The van der Waals surface area contributed by atoms with Crippen molar-refractivity contribution in [3.63, 3.8) is 0 Å². The van der Waals surface area contributed by atoms with Crippen LogP contribution in [0.15, 0.2) is 12.2 Å². The number of halogens is 5. The van der Waals surface area contributed by atoms with Crippen molar-refractivity contribution in [1.82, 2.24) is 0 Å². The van der Waals surface area contributed by atoms with Crippen LogP contribution < -0.4 is 0 Å². The molecule has 1 heterocycles. The fourth-order valence-corrected chi connectivity index (χ4v) is 1.16. The maximum absolute atomic E-state index is 12.8. The van der Waals surface area contributed by atoms with Gasteiger partial charge in [0.1, 0.15) is 12.2 Å². The van der Waals surface area contributed by atoms with Gasteiger partial charge in [0.2, 0.25) is 0 Å². The molecule has 1 unspecified atom stereocenters. The SMILES string of the molecule is C=C(C)C(=O)OCC1(CC(F)(F)C(F)(F)F)CO1. The van der Waals surface area contributed by atoms with Crippen LogP contribution in [0, 0.1) is 0 Å². The van der Waals surface area contributed by atoms with E-state index in [1.165, 1.54) is 6.92 Å². The summed E-state index contributed by atoms with van der Waals surface area (Å²) in [6, 6.07) is 0. The number of carbonyl (C=O) groups excluding carboxylic acids is 1. The van der Waals surface area contributed by atoms with Crippen molar-refractivity contribution in [2.75, 3.05) is 13.2 Å². The molecule has 8 heteroatoms. The minimum absolute atomic E-state index is 0.0216. The smallest absolute Gasteiger partial charge is 0.453 e. The van der Waals surface area contributed by atoms with Crippen LogP contribution in [0.1, 0.15) is 13.3 Å². The molecule has 0 aromatic rings. The van der Waals surface area contributed by atoms with Gasteiger partial charge < -0.3 is 9.47 Å². The zero-order valence-corrected chi connectivity index (χ0v) is 9.44. The first kappa shape index (κ1) is 14.9. The van der Waals surface area contributed by atoms with E-state index in [2.05, 4.69) is 16.1 Å². The molecule has 1 atom stereocenters. The normalized spacial score (nSPS) is 23.7. The Morgan fingerprint density at radius 3 is 2.22 bits per heavy atom. The molecule has 1 fully saturated rings. The summed E-state index contributed by atoms with van der Waals surface area (Å²) in [5.41, 5.74) is -1.72. The fourth-order valence-electron chi connectivity index (χ4n) is 1.16. The Hall–Kier alpha value is -1.18. The quantitative estimate of drug-likeness (QED) is 0.334. The molecule has 0 bridgehead atoms. The Labute approximate surface area is 99.5 Å². The Bertz CT molecular complexity index is 357. The van der Waals surface area contributed by atoms with Crippen molar-refractivity contribution >= 4 is 5.97 Å². The molecule has 0 saturated carbocycles. The molecule has 1 aliphatic heterocycles. The maximum Gasteiger partial charge on any atom is 0.453 e. The number of hydrogen-bond acceptors (Lipinski definition) is 3. The lowest BCUT2D eigenvalue weighted by atomic mass is 10.0. The van der Waals surface area contributed by atoms with Gasteiger partial charge in [0.05, 0.1) is 13.0 Å². The lowest BCUT2D eigenvalue weighted by Crippen LogP contribution is -2.42. The average molecular weight is 274 g/mol. The Balaban J connectivity index is 2.57. The van der Waals surface area contributed by atoms with Gasteiger partial charge in [-0.05, 0) is 6.92 Å². The molecule has 3 nitrogen and oxygen atoms in total. The van der Waals surface area contributed by atoms with Gasteiger partial charge in [0, 0.05) is 5.57 Å². The number of ether oxygens (including phenoxy) is 2. The van der Waals surface area contributed by atoms with Crippen LogP contribution in [-0.4, -0.2) is 36.9 Å². The number of epoxide rings is 1. The van der Waals surface area contributed by atoms with E-state index in [0.717, 1.165) is 0 Å². The summed E-state index contributed by atoms with van der Waals surface area (Å²) in [7, 11) is 0. The molecule has 18 heavy (non-hydrogen) atoms. The highest BCUT2D eigenvalue weighted by Gasteiger charge is 2.64. The molecule has 0 radical (unpaired) electrons. The molecule has 104 valence electrons. The summed E-state index contributed by atoms with van der Waals surface area (Å²) in [6.45, 7) is 3.62. The fraction of sp³-hybridized carbons (Fsp3) is 0.700. The second kappa shape index (κ2) is 4.49. The van der Waals surface area contributed by atoms with Crippen molar-refractivity contribution in [2.45, 2.75) is 31.0 Å². The zero-order valence-electron chi connectivity index (χ0n) is 9.44. The van der Waals surface area contributed by atoms with Gasteiger partial charge in [-0.15, -0.1) is 0 Å². The number of alkyl halides is 5. The van der Waals surface area contributed by atoms with E-state index in [-0.39, 0.29) is 12.2 Å². The van der Waals surface area contributed by atoms with Gasteiger partial charge in [-0.25, -0.2) is 4.79 Å². The number of rotatable bonds is 5. The summed E-state index contributed by atoms with van der Waals surface area (Å²) in [4.78, 5) is 11.0. The summed E-state index contributed by atoms with van der Waals surface area (Å²) >= 11 is 0. The van der Waals surface area contributed by atoms with E-state index >= 15 is 0 Å². The highest BCUT2D eigenvalue weighted by atomic mass is 19.4. The van der Waals surface area contributed by atoms with Gasteiger partial charge >= 0.3 is 18.1 Å². The Kier molecular flexibility index (Phi) is 3.71. The van der Waals surface area contributed by atoms with Crippen LogP contribution in [-0.2, 0) is 14.3 Å². The predicted molar refractivity (Wildman–Crippen MR) is 50.1 cm³/mol. The largest absolute Gasteiger partial charge is 0.459 e. The summed E-state index contributed by atoms with van der Waals surface area (Å²) < 4.78 is 70.6. The van der Waals surface area contributed by atoms with Gasteiger partial charge in [-0.3, -0.25) is 0 Å². The van der Waals surface area contributed by atoms with E-state index < -0.39 is 36.7 Å². The van der Waals surface area contributed by atoms with E-state index in [4.69, 9.17) is 0 Å². The first-order chi connectivity index (χ1) is 7.99. The highest BCUT2D eigenvalue weighted by Crippen LogP contribution is 2.46. The summed E-state index contributed by atoms with van der Waals surface area (Å²) in [6.07, 6.45) is -7.21. The molecule has 0 amide bonds. The predicted octanol–water partition coefficient (Wildman–Crippen LogP) is 2.46. The minimum Gasteiger partial charge on any atom is -0.459 e. The Morgan fingerprint density at radius 1 is 1.39 bits per heavy atom. The first-order valence-corrected chi connectivity index (χ1v) is 4.90. The molecule has 0 aromatic carbocycles. The third-order valence-corrected chi connectivity index (χ3v) is 2.33. The number of hydrogen-bond donors (Lipinski definition) is 0. The Morgan fingerprint density at radius 2 is 1.89 bits per heavy atom. The van der Waals surface area contributed by atoms with Crippen LogP contribution in [0.5, 0.6) is 0 Å². The first-order valence-electron chi connectivity index (χ1n) is 4.90. The van der Waals surface area contributed by atoms with Gasteiger partial charge in [-0.1, -0.05) is 6.58 Å². The lowest BCUT2D eigenvalue weighted by Gasteiger charge is -2.22. The highest BCUT2D eigenvalue weighted by molar-refractivity contribution is 5.86. The molecule has 0 spiro atoms. The van der Waals surface area contributed by atoms with Crippen molar-refractivity contribution in [3.8, 4) is 0 Å². The average Bonchev–Trinajstić information content (AvgIpc) is 2.92. The zero-order chi connectivity index (χ0) is 14.2. The second-order valence-corrected chi connectivity index (χ2v) is 4.21. The molecule has 0 N–H and O–H groups in total. The summed E-state index contributed by atoms with van der Waals surface area (Å²) in [5, 5.41) is 0. The third kappa shape index (κ3) is 3.41. The molecule has 0 aromatic heterocycles. The van der Waals surface area contributed by atoms with Crippen molar-refractivity contribution < 1.29 is 36.2 Å². The van der Waals surface area contributed by atoms with E-state index in [9.17, 15) is 26.7 Å². The summed E-state index contributed by atoms with van der Waals surface area (Å²) in [5.74, 6) is -5.74. The van der Waals surface area contributed by atoms with Crippen LogP contribution in [0.4, 0.5) is 22.0 Å². The molecule has 0 aliphatic carbocycles. The number of carbonyl (C=O) groups is 1. The van der Waals surface area contributed by atoms with Crippen molar-refractivity contribution in [2.24, 2.45) is 0 Å². The van der Waals surface area contributed by atoms with Gasteiger partial charge in [-0.2, -0.15) is 22.0 Å². The van der Waals surface area contributed by atoms with Crippen LogP contribution in [0.25, 0.3) is 0 Å². The standard InChI is InChI=1S/C10H11F5O3/c1-6(2)7(16)17-4-8(5-18-8)3-9(11,12)10(13,14)15/h1,3-5H2,2H3.